The summed E-state index contributed by atoms with van der Waals surface area (Å²) in [6.45, 7) is 4.40. The summed E-state index contributed by atoms with van der Waals surface area (Å²) in [5.41, 5.74) is 1.62. The highest BCUT2D eigenvalue weighted by Gasteiger charge is 2.19. The monoisotopic (exact) mass is 233 g/mol. The number of hydrogen-bond donors (Lipinski definition) is 0. The summed E-state index contributed by atoms with van der Waals surface area (Å²) in [4.78, 5) is 6.47. The molecule has 1 aliphatic rings. The first-order valence-corrected chi connectivity index (χ1v) is 6.61. The molecule has 0 bridgehead atoms. The fourth-order valence-corrected chi connectivity index (χ4v) is 3.02. The fourth-order valence-electron chi connectivity index (χ4n) is 1.84. The van der Waals surface area contributed by atoms with Gasteiger partial charge in [-0.25, -0.2) is 4.98 Å². The molecule has 1 fully saturated rings. The Hall–Kier alpha value is -1.21. The molecule has 0 amide bonds. The van der Waals surface area contributed by atoms with E-state index in [-0.39, 0.29) is 0 Å². The first kappa shape index (κ1) is 11.3. The summed E-state index contributed by atoms with van der Waals surface area (Å²) in [7, 11) is 0. The Labute approximate surface area is 100 Å². The molecule has 1 aromatic rings. The summed E-state index contributed by atoms with van der Waals surface area (Å²) in [5, 5.41) is 9.42. The van der Waals surface area contributed by atoms with Crippen LogP contribution in [0.25, 0.3) is 0 Å². The van der Waals surface area contributed by atoms with E-state index in [4.69, 9.17) is 5.26 Å². The van der Waals surface area contributed by atoms with Gasteiger partial charge >= 0.3 is 0 Å². The maximum absolute atomic E-state index is 8.69. The van der Waals surface area contributed by atoms with Crippen molar-refractivity contribution in [2.45, 2.75) is 18.6 Å². The number of aromatic nitrogens is 1. The molecule has 2 rings (SSSR count). The number of nitriles is 1. The Morgan fingerprint density at radius 3 is 3.12 bits per heavy atom. The van der Waals surface area contributed by atoms with Crippen molar-refractivity contribution in [2.24, 2.45) is 0 Å². The summed E-state index contributed by atoms with van der Waals surface area (Å²) >= 11 is 2.05. The molecule has 4 heteroatoms. The van der Waals surface area contributed by atoms with Crippen molar-refractivity contribution >= 4 is 17.4 Å². The molecule has 0 N–H and O–H groups in total. The molecule has 1 atom stereocenters. The predicted molar refractivity (Wildman–Crippen MR) is 67.7 cm³/mol. The van der Waals surface area contributed by atoms with E-state index in [1.165, 1.54) is 12.2 Å². The van der Waals surface area contributed by atoms with E-state index in [1.807, 2.05) is 12.1 Å². The number of thioether (sulfide) groups is 1. The molecule has 2 heterocycles. The molecular weight excluding hydrogens is 218 g/mol. The standard InChI is InChI=1S/C12H15N3S/c1-2-12-9-15(5-6-16-12)11-4-3-10(7-13)14-8-11/h3-4,8,12H,2,5-6,9H2,1H3. The van der Waals surface area contributed by atoms with Crippen LogP contribution in [0.4, 0.5) is 5.69 Å². The van der Waals surface area contributed by atoms with E-state index in [0.29, 0.717) is 5.69 Å². The molecule has 1 aromatic heterocycles. The van der Waals surface area contributed by atoms with Gasteiger partial charge in [0.25, 0.3) is 0 Å². The molecule has 1 saturated heterocycles. The van der Waals surface area contributed by atoms with Crippen LogP contribution in [0, 0.1) is 11.3 Å². The Balaban J connectivity index is 2.08. The second-order valence-corrected chi connectivity index (χ2v) is 5.27. The van der Waals surface area contributed by atoms with Crippen molar-refractivity contribution in [3.8, 4) is 6.07 Å². The largest absolute Gasteiger partial charge is 0.368 e. The van der Waals surface area contributed by atoms with Crippen LogP contribution in [0.5, 0.6) is 0 Å². The van der Waals surface area contributed by atoms with E-state index >= 15 is 0 Å². The van der Waals surface area contributed by atoms with Crippen molar-refractivity contribution < 1.29 is 0 Å². The third kappa shape index (κ3) is 2.48. The molecule has 0 aromatic carbocycles. The number of pyridine rings is 1. The third-order valence-electron chi connectivity index (χ3n) is 2.82. The van der Waals surface area contributed by atoms with Gasteiger partial charge in [0, 0.05) is 24.1 Å². The van der Waals surface area contributed by atoms with Crippen LogP contribution in [0.15, 0.2) is 18.3 Å². The summed E-state index contributed by atoms with van der Waals surface area (Å²) in [6, 6.07) is 5.83. The van der Waals surface area contributed by atoms with Crippen LogP contribution in [-0.2, 0) is 0 Å². The molecule has 3 nitrogen and oxygen atoms in total. The molecule has 0 saturated carbocycles. The van der Waals surface area contributed by atoms with Gasteiger partial charge in [-0.1, -0.05) is 6.92 Å². The molecular formula is C12H15N3S. The lowest BCUT2D eigenvalue weighted by molar-refractivity contribution is 0.727. The van der Waals surface area contributed by atoms with E-state index in [0.717, 1.165) is 24.0 Å². The first-order chi connectivity index (χ1) is 7.83. The molecule has 84 valence electrons. The van der Waals surface area contributed by atoms with E-state index in [2.05, 4.69) is 28.6 Å². The molecule has 0 aliphatic carbocycles. The summed E-state index contributed by atoms with van der Waals surface area (Å²) in [6.07, 6.45) is 3.02. The van der Waals surface area contributed by atoms with Crippen molar-refractivity contribution in [3.05, 3.63) is 24.0 Å². The minimum atomic E-state index is 0.488. The van der Waals surface area contributed by atoms with Crippen LogP contribution >= 0.6 is 11.8 Å². The third-order valence-corrected chi connectivity index (χ3v) is 4.19. The topological polar surface area (TPSA) is 39.9 Å². The second-order valence-electron chi connectivity index (χ2n) is 3.86. The van der Waals surface area contributed by atoms with Gasteiger partial charge in [0.1, 0.15) is 11.8 Å². The van der Waals surface area contributed by atoms with Gasteiger partial charge in [-0.3, -0.25) is 0 Å². The Kier molecular flexibility index (Phi) is 3.68. The van der Waals surface area contributed by atoms with Gasteiger partial charge < -0.3 is 4.90 Å². The summed E-state index contributed by atoms with van der Waals surface area (Å²) < 4.78 is 0. The zero-order valence-electron chi connectivity index (χ0n) is 9.39. The predicted octanol–water partition coefficient (Wildman–Crippen LogP) is 2.29. The minimum absolute atomic E-state index is 0.488. The SMILES string of the molecule is CCC1CN(c2ccc(C#N)nc2)CCS1. The number of anilines is 1. The van der Waals surface area contributed by atoms with Gasteiger partial charge in [-0.15, -0.1) is 0 Å². The molecule has 0 radical (unpaired) electrons. The van der Waals surface area contributed by atoms with E-state index in [1.54, 1.807) is 12.3 Å². The number of rotatable bonds is 2. The highest BCUT2D eigenvalue weighted by molar-refractivity contribution is 8.00. The highest BCUT2D eigenvalue weighted by atomic mass is 32.2. The van der Waals surface area contributed by atoms with Gasteiger partial charge in [0.2, 0.25) is 0 Å². The lowest BCUT2D eigenvalue weighted by Gasteiger charge is -2.33. The van der Waals surface area contributed by atoms with Gasteiger partial charge in [0.05, 0.1) is 11.9 Å². The van der Waals surface area contributed by atoms with Crippen molar-refractivity contribution in [3.63, 3.8) is 0 Å². The Morgan fingerprint density at radius 2 is 2.50 bits per heavy atom. The van der Waals surface area contributed by atoms with Crippen molar-refractivity contribution in [1.82, 2.24) is 4.98 Å². The smallest absolute Gasteiger partial charge is 0.140 e. The average Bonchev–Trinajstić information content (AvgIpc) is 2.39. The molecule has 1 unspecified atom stereocenters. The molecule has 0 spiro atoms. The minimum Gasteiger partial charge on any atom is -0.368 e. The lowest BCUT2D eigenvalue weighted by atomic mass is 10.2. The normalized spacial score (nSPS) is 20.5. The van der Waals surface area contributed by atoms with Crippen LogP contribution in [0.3, 0.4) is 0 Å². The first-order valence-electron chi connectivity index (χ1n) is 5.56. The number of nitrogens with zero attached hydrogens (tertiary/aromatic N) is 3. The Morgan fingerprint density at radius 1 is 1.62 bits per heavy atom. The zero-order valence-corrected chi connectivity index (χ0v) is 10.2. The summed E-state index contributed by atoms with van der Waals surface area (Å²) in [5.74, 6) is 1.18. The van der Waals surface area contributed by atoms with Crippen LogP contribution in [-0.4, -0.2) is 29.1 Å². The second kappa shape index (κ2) is 5.22. The quantitative estimate of drug-likeness (QED) is 0.785. The van der Waals surface area contributed by atoms with Crippen LogP contribution < -0.4 is 4.90 Å². The van der Waals surface area contributed by atoms with Crippen molar-refractivity contribution in [2.75, 3.05) is 23.7 Å². The zero-order chi connectivity index (χ0) is 11.4. The fraction of sp³-hybridized carbons (Fsp3) is 0.500. The molecule has 16 heavy (non-hydrogen) atoms. The molecule has 1 aliphatic heterocycles. The Bertz CT molecular complexity index is 382. The highest BCUT2D eigenvalue weighted by Crippen LogP contribution is 2.25. The van der Waals surface area contributed by atoms with Crippen molar-refractivity contribution in [1.29, 1.82) is 5.26 Å². The number of hydrogen-bond acceptors (Lipinski definition) is 4. The van der Waals surface area contributed by atoms with Gasteiger partial charge in [-0.2, -0.15) is 17.0 Å². The van der Waals surface area contributed by atoms with Gasteiger partial charge in [0.15, 0.2) is 0 Å². The maximum atomic E-state index is 8.69. The average molecular weight is 233 g/mol. The van der Waals surface area contributed by atoms with E-state index < -0.39 is 0 Å². The maximum Gasteiger partial charge on any atom is 0.140 e. The van der Waals surface area contributed by atoms with Crippen LogP contribution in [0.1, 0.15) is 19.0 Å². The lowest BCUT2D eigenvalue weighted by Crippen LogP contribution is -2.37. The van der Waals surface area contributed by atoms with E-state index in [9.17, 15) is 0 Å². The van der Waals surface area contributed by atoms with Gasteiger partial charge in [-0.05, 0) is 18.6 Å². The van der Waals surface area contributed by atoms with Crippen LogP contribution in [0.2, 0.25) is 0 Å².